The highest BCUT2D eigenvalue weighted by molar-refractivity contribution is 5.36. The Morgan fingerprint density at radius 2 is 2.08 bits per heavy atom. The average Bonchev–Trinajstić information content (AvgIpc) is 3.05. The Balaban J connectivity index is 1.57. The van der Waals surface area contributed by atoms with E-state index in [0.29, 0.717) is 5.65 Å². The van der Waals surface area contributed by atoms with Crippen molar-refractivity contribution in [3.8, 4) is 0 Å². The van der Waals surface area contributed by atoms with E-state index >= 15 is 0 Å². The first-order valence-corrected chi connectivity index (χ1v) is 8.48. The van der Waals surface area contributed by atoms with Gasteiger partial charge < -0.3 is 0 Å². The zero-order valence-electron chi connectivity index (χ0n) is 13.9. The zero-order valence-corrected chi connectivity index (χ0v) is 13.9. The summed E-state index contributed by atoms with van der Waals surface area (Å²) in [6.45, 7) is 5.10. The lowest BCUT2D eigenvalue weighted by Gasteiger charge is -2.41. The van der Waals surface area contributed by atoms with Crippen LogP contribution in [-0.4, -0.2) is 32.6 Å². The van der Waals surface area contributed by atoms with Gasteiger partial charge in [-0.3, -0.25) is 14.8 Å². The van der Waals surface area contributed by atoms with Crippen molar-refractivity contribution < 1.29 is 0 Å². The minimum Gasteiger partial charge on any atom is -0.297 e. The van der Waals surface area contributed by atoms with E-state index in [1.807, 2.05) is 6.07 Å². The molecule has 1 aromatic carbocycles. The summed E-state index contributed by atoms with van der Waals surface area (Å²) in [5.41, 5.74) is 3.02. The van der Waals surface area contributed by atoms with E-state index in [1.54, 1.807) is 12.3 Å². The highest BCUT2D eigenvalue weighted by Crippen LogP contribution is 2.33. The second-order valence-corrected chi connectivity index (χ2v) is 6.98. The van der Waals surface area contributed by atoms with Crippen molar-refractivity contribution in [2.24, 2.45) is 0 Å². The minimum atomic E-state index is -0.0529. The molecular formula is C19H22N4O. The van der Waals surface area contributed by atoms with Crippen LogP contribution in [-0.2, 0) is 12.0 Å². The summed E-state index contributed by atoms with van der Waals surface area (Å²) in [6.07, 6.45) is 4.10. The summed E-state index contributed by atoms with van der Waals surface area (Å²) < 4.78 is 1.47. The lowest BCUT2D eigenvalue weighted by atomic mass is 9.76. The minimum absolute atomic E-state index is 0.0529. The number of aromatic nitrogens is 3. The molecule has 1 atom stereocenters. The van der Waals surface area contributed by atoms with Crippen molar-refractivity contribution in [2.75, 3.05) is 13.1 Å². The summed E-state index contributed by atoms with van der Waals surface area (Å²) >= 11 is 0. The molecule has 1 aliphatic rings. The van der Waals surface area contributed by atoms with Crippen LogP contribution in [0.1, 0.15) is 31.0 Å². The molecule has 0 amide bonds. The van der Waals surface area contributed by atoms with Crippen LogP contribution < -0.4 is 5.56 Å². The molecule has 1 fully saturated rings. The Labute approximate surface area is 140 Å². The molecule has 124 valence electrons. The van der Waals surface area contributed by atoms with Crippen LogP contribution >= 0.6 is 0 Å². The smallest absolute Gasteiger partial charge is 0.272 e. The third kappa shape index (κ3) is 2.76. The molecular weight excluding hydrogens is 300 g/mol. The number of likely N-dealkylation sites (tertiary alicyclic amines) is 1. The highest BCUT2D eigenvalue weighted by atomic mass is 16.1. The van der Waals surface area contributed by atoms with Gasteiger partial charge in [-0.25, -0.2) is 9.50 Å². The third-order valence-corrected chi connectivity index (χ3v) is 5.07. The van der Waals surface area contributed by atoms with Crippen LogP contribution in [0.2, 0.25) is 0 Å². The van der Waals surface area contributed by atoms with Gasteiger partial charge in [0.05, 0.1) is 5.69 Å². The summed E-state index contributed by atoms with van der Waals surface area (Å²) in [5, 5.41) is 2.88. The van der Waals surface area contributed by atoms with Gasteiger partial charge in [-0.05, 0) is 24.9 Å². The van der Waals surface area contributed by atoms with Crippen molar-refractivity contribution in [1.29, 1.82) is 0 Å². The maximum atomic E-state index is 12.1. The molecule has 1 unspecified atom stereocenters. The van der Waals surface area contributed by atoms with Gasteiger partial charge in [-0.1, -0.05) is 37.3 Å². The van der Waals surface area contributed by atoms with Gasteiger partial charge in [0, 0.05) is 36.8 Å². The molecule has 5 heteroatoms. The zero-order chi connectivity index (χ0) is 16.6. The third-order valence-electron chi connectivity index (χ3n) is 5.07. The Hall–Kier alpha value is -2.40. The van der Waals surface area contributed by atoms with Crippen molar-refractivity contribution in [1.82, 2.24) is 19.5 Å². The van der Waals surface area contributed by atoms with Gasteiger partial charge in [-0.2, -0.15) is 0 Å². The first-order chi connectivity index (χ1) is 11.6. The molecule has 3 heterocycles. The quantitative estimate of drug-likeness (QED) is 0.806. The van der Waals surface area contributed by atoms with E-state index in [0.717, 1.165) is 31.7 Å². The second-order valence-electron chi connectivity index (χ2n) is 6.98. The van der Waals surface area contributed by atoms with Crippen molar-refractivity contribution in [2.45, 2.75) is 31.7 Å². The number of piperidine rings is 1. The predicted octanol–water partition coefficient (Wildman–Crippen LogP) is 2.58. The number of H-pyrrole nitrogens is 1. The van der Waals surface area contributed by atoms with Gasteiger partial charge in [0.1, 0.15) is 0 Å². The van der Waals surface area contributed by atoms with E-state index in [4.69, 9.17) is 0 Å². The Morgan fingerprint density at radius 3 is 2.92 bits per heavy atom. The molecule has 0 radical (unpaired) electrons. The number of nitrogens with zero attached hydrogens (tertiary/aromatic N) is 3. The van der Waals surface area contributed by atoms with Crippen molar-refractivity contribution in [3.63, 3.8) is 0 Å². The number of rotatable bonds is 3. The fraction of sp³-hybridized carbons (Fsp3) is 0.368. The SMILES string of the molecule is CC1(c2ccccc2)CCCN(Cc2cc(=O)n3[nH]ccc3n2)C1. The first kappa shape index (κ1) is 15.1. The fourth-order valence-electron chi connectivity index (χ4n) is 3.84. The van der Waals surface area contributed by atoms with Crippen molar-refractivity contribution >= 4 is 5.65 Å². The topological polar surface area (TPSA) is 53.4 Å². The average molecular weight is 322 g/mol. The van der Waals surface area contributed by atoms with Crippen LogP contribution in [0.15, 0.2) is 53.5 Å². The predicted molar refractivity (Wildman–Crippen MR) is 94.1 cm³/mol. The van der Waals surface area contributed by atoms with Crippen LogP contribution in [0.3, 0.4) is 0 Å². The van der Waals surface area contributed by atoms with E-state index in [2.05, 4.69) is 52.2 Å². The molecule has 24 heavy (non-hydrogen) atoms. The molecule has 1 N–H and O–H groups in total. The van der Waals surface area contributed by atoms with Gasteiger partial charge >= 0.3 is 0 Å². The van der Waals surface area contributed by atoms with Crippen LogP contribution in [0, 0.1) is 0 Å². The molecule has 1 aliphatic heterocycles. The lowest BCUT2D eigenvalue weighted by Crippen LogP contribution is -2.44. The van der Waals surface area contributed by atoms with Crippen LogP contribution in [0.5, 0.6) is 0 Å². The number of nitrogens with one attached hydrogen (secondary N) is 1. The molecule has 0 saturated carbocycles. The number of hydrogen-bond donors (Lipinski definition) is 1. The Kier molecular flexibility index (Phi) is 3.73. The van der Waals surface area contributed by atoms with Crippen LogP contribution in [0.25, 0.3) is 5.65 Å². The molecule has 1 saturated heterocycles. The maximum Gasteiger partial charge on any atom is 0.272 e. The summed E-state index contributed by atoms with van der Waals surface area (Å²) in [5.74, 6) is 0. The van der Waals surface area contributed by atoms with Gasteiger partial charge in [-0.15, -0.1) is 0 Å². The maximum absolute atomic E-state index is 12.1. The van der Waals surface area contributed by atoms with E-state index in [1.165, 1.54) is 16.5 Å². The molecule has 0 spiro atoms. The molecule has 2 aromatic heterocycles. The summed E-state index contributed by atoms with van der Waals surface area (Å²) in [4.78, 5) is 19.1. The second kappa shape index (κ2) is 5.91. The lowest BCUT2D eigenvalue weighted by molar-refractivity contribution is 0.148. The number of benzene rings is 1. The van der Waals surface area contributed by atoms with Gasteiger partial charge in [0.25, 0.3) is 5.56 Å². The van der Waals surface area contributed by atoms with Gasteiger partial charge in [0.2, 0.25) is 0 Å². The van der Waals surface area contributed by atoms with Crippen molar-refractivity contribution in [3.05, 3.63) is 70.3 Å². The fourth-order valence-corrected chi connectivity index (χ4v) is 3.84. The number of fused-ring (bicyclic) bond motifs is 1. The summed E-state index contributed by atoms with van der Waals surface area (Å²) in [6, 6.07) is 14.2. The molecule has 4 rings (SSSR count). The molecule has 0 bridgehead atoms. The van der Waals surface area contributed by atoms with Gasteiger partial charge in [0.15, 0.2) is 5.65 Å². The largest absolute Gasteiger partial charge is 0.297 e. The normalized spacial score (nSPS) is 22.0. The molecule has 0 aliphatic carbocycles. The standard InChI is InChI=1S/C19H22N4O/c1-19(15-6-3-2-4-7-15)9-5-11-22(14-19)13-16-12-18(24)23-17(21-16)8-10-20-23/h2-4,6-8,10,12,20H,5,9,11,13-14H2,1H3. The van der Waals surface area contributed by atoms with E-state index in [-0.39, 0.29) is 11.0 Å². The highest BCUT2D eigenvalue weighted by Gasteiger charge is 2.32. The Bertz CT molecular complexity index is 898. The van der Waals surface area contributed by atoms with E-state index < -0.39 is 0 Å². The number of aromatic amines is 1. The first-order valence-electron chi connectivity index (χ1n) is 8.48. The van der Waals surface area contributed by atoms with E-state index in [9.17, 15) is 4.79 Å². The number of hydrogen-bond acceptors (Lipinski definition) is 3. The Morgan fingerprint density at radius 1 is 1.25 bits per heavy atom. The molecule has 5 nitrogen and oxygen atoms in total. The molecule has 3 aromatic rings. The monoisotopic (exact) mass is 322 g/mol. The summed E-state index contributed by atoms with van der Waals surface area (Å²) in [7, 11) is 0. The van der Waals surface area contributed by atoms with Crippen LogP contribution in [0.4, 0.5) is 0 Å².